The van der Waals surface area contributed by atoms with E-state index in [-0.39, 0.29) is 0 Å². The first-order valence-electron chi connectivity index (χ1n) is 3.10. The Balaban J connectivity index is 3.41. The highest BCUT2D eigenvalue weighted by Gasteiger charge is 2.18. The van der Waals surface area contributed by atoms with Gasteiger partial charge in [0.2, 0.25) is 5.95 Å². The Morgan fingerprint density at radius 2 is 2.15 bits per heavy atom. The van der Waals surface area contributed by atoms with Crippen molar-refractivity contribution >= 4 is 11.6 Å². The Hall–Kier alpha value is -1.28. The number of alkyl halides is 2. The minimum atomic E-state index is -2.94. The van der Waals surface area contributed by atoms with E-state index >= 15 is 0 Å². The van der Waals surface area contributed by atoms with Gasteiger partial charge in [0, 0.05) is 11.6 Å². The van der Waals surface area contributed by atoms with E-state index in [9.17, 15) is 13.2 Å². The van der Waals surface area contributed by atoms with Crippen molar-refractivity contribution in [1.82, 2.24) is 4.98 Å². The van der Waals surface area contributed by atoms with Crippen LogP contribution in [0, 0.1) is 17.3 Å². The number of hydrogen-bond donors (Lipinski definition) is 0. The van der Waals surface area contributed by atoms with Crippen LogP contribution in [-0.4, -0.2) is 4.98 Å². The SMILES string of the molecule is N#Cc1c(C(F)F)cc(F)nc1Cl. The Bertz CT molecular complexity index is 373. The molecule has 1 rings (SSSR count). The molecule has 0 aliphatic carbocycles. The molecule has 0 aromatic carbocycles. The fourth-order valence-corrected chi connectivity index (χ4v) is 1.02. The molecule has 0 N–H and O–H groups in total. The minimum Gasteiger partial charge on any atom is -0.206 e. The second kappa shape index (κ2) is 3.62. The van der Waals surface area contributed by atoms with Crippen LogP contribution in [-0.2, 0) is 0 Å². The lowest BCUT2D eigenvalue weighted by Crippen LogP contribution is -1.96. The number of nitriles is 1. The van der Waals surface area contributed by atoms with E-state index in [4.69, 9.17) is 16.9 Å². The summed E-state index contributed by atoms with van der Waals surface area (Å²) in [5, 5.41) is 7.87. The zero-order chi connectivity index (χ0) is 10.0. The Morgan fingerprint density at radius 1 is 1.54 bits per heavy atom. The second-order valence-corrected chi connectivity index (χ2v) is 2.47. The predicted octanol–water partition coefficient (Wildman–Crippen LogP) is 2.68. The van der Waals surface area contributed by atoms with E-state index in [1.54, 1.807) is 0 Å². The van der Waals surface area contributed by atoms with E-state index in [1.165, 1.54) is 6.07 Å². The van der Waals surface area contributed by atoms with E-state index in [1.807, 2.05) is 0 Å². The molecular weight excluding hydrogens is 205 g/mol. The fraction of sp³-hybridized carbons (Fsp3) is 0.143. The molecule has 0 fully saturated rings. The Kier molecular flexibility index (Phi) is 2.73. The third-order valence-electron chi connectivity index (χ3n) is 1.32. The van der Waals surface area contributed by atoms with Crippen LogP contribution in [0.3, 0.4) is 0 Å². The highest BCUT2D eigenvalue weighted by molar-refractivity contribution is 6.30. The standard InChI is InChI=1S/C7H2ClF3N2/c8-6-4(2-12)3(7(10)11)1-5(9)13-6/h1,7H. The molecule has 1 heterocycles. The molecule has 68 valence electrons. The van der Waals surface area contributed by atoms with E-state index in [0.29, 0.717) is 6.07 Å². The number of hydrogen-bond acceptors (Lipinski definition) is 2. The molecule has 13 heavy (non-hydrogen) atoms. The van der Waals surface area contributed by atoms with Crippen LogP contribution in [0.4, 0.5) is 13.2 Å². The van der Waals surface area contributed by atoms with Crippen molar-refractivity contribution in [2.75, 3.05) is 0 Å². The van der Waals surface area contributed by atoms with Gasteiger partial charge in [-0.05, 0) is 0 Å². The van der Waals surface area contributed by atoms with E-state index in [0.717, 1.165) is 0 Å². The van der Waals surface area contributed by atoms with Gasteiger partial charge < -0.3 is 0 Å². The number of rotatable bonds is 1. The highest BCUT2D eigenvalue weighted by Crippen LogP contribution is 2.26. The molecule has 2 nitrogen and oxygen atoms in total. The van der Waals surface area contributed by atoms with Crippen LogP contribution in [0.25, 0.3) is 0 Å². The molecule has 0 amide bonds. The zero-order valence-corrected chi connectivity index (χ0v) is 6.82. The van der Waals surface area contributed by atoms with Crippen LogP contribution in [0.15, 0.2) is 6.07 Å². The maximum absolute atomic E-state index is 12.5. The first-order chi connectivity index (χ1) is 6.06. The third kappa shape index (κ3) is 1.90. The third-order valence-corrected chi connectivity index (χ3v) is 1.59. The van der Waals surface area contributed by atoms with Gasteiger partial charge in [0.25, 0.3) is 6.43 Å². The first-order valence-corrected chi connectivity index (χ1v) is 3.48. The summed E-state index contributed by atoms with van der Waals surface area (Å²) in [4.78, 5) is 3.03. The monoisotopic (exact) mass is 206 g/mol. The lowest BCUT2D eigenvalue weighted by molar-refractivity contribution is 0.150. The molecule has 0 spiro atoms. The maximum Gasteiger partial charge on any atom is 0.265 e. The zero-order valence-electron chi connectivity index (χ0n) is 6.06. The van der Waals surface area contributed by atoms with Crippen LogP contribution >= 0.6 is 11.6 Å². The summed E-state index contributed by atoms with van der Waals surface area (Å²) in [6.07, 6.45) is -2.94. The molecule has 0 unspecified atom stereocenters. The van der Waals surface area contributed by atoms with Crippen molar-refractivity contribution < 1.29 is 13.2 Å². The first kappa shape index (κ1) is 9.81. The molecule has 6 heteroatoms. The Labute approximate surface area is 76.6 Å². The summed E-state index contributed by atoms with van der Waals surface area (Å²) in [7, 11) is 0. The number of aromatic nitrogens is 1. The number of pyridine rings is 1. The van der Waals surface area contributed by atoms with Crippen LogP contribution in [0.2, 0.25) is 5.15 Å². The summed E-state index contributed by atoms with van der Waals surface area (Å²) >= 11 is 5.27. The van der Waals surface area contributed by atoms with Gasteiger partial charge in [-0.15, -0.1) is 0 Å². The Morgan fingerprint density at radius 3 is 2.62 bits per heavy atom. The number of halogens is 4. The van der Waals surface area contributed by atoms with E-state index in [2.05, 4.69) is 4.98 Å². The fourth-order valence-electron chi connectivity index (χ4n) is 0.784. The van der Waals surface area contributed by atoms with Gasteiger partial charge in [-0.1, -0.05) is 11.6 Å². The largest absolute Gasteiger partial charge is 0.265 e. The molecule has 0 saturated heterocycles. The maximum atomic E-state index is 12.5. The van der Waals surface area contributed by atoms with Crippen LogP contribution in [0.1, 0.15) is 17.6 Å². The van der Waals surface area contributed by atoms with Crippen molar-refractivity contribution in [3.05, 3.63) is 28.3 Å². The average molecular weight is 207 g/mol. The molecular formula is C7H2ClF3N2. The summed E-state index contributed by atoms with van der Waals surface area (Å²) in [5.74, 6) is -1.13. The lowest BCUT2D eigenvalue weighted by Gasteiger charge is -2.02. The van der Waals surface area contributed by atoms with Crippen LogP contribution in [0.5, 0.6) is 0 Å². The average Bonchev–Trinajstić information content (AvgIpc) is 2.02. The molecule has 0 aliphatic rings. The van der Waals surface area contributed by atoms with Gasteiger partial charge in [-0.2, -0.15) is 9.65 Å². The molecule has 0 atom stereocenters. The quantitative estimate of drug-likeness (QED) is 0.663. The number of nitrogens with zero attached hydrogens (tertiary/aromatic N) is 2. The summed E-state index contributed by atoms with van der Waals surface area (Å²) in [5.41, 5.74) is -1.22. The summed E-state index contributed by atoms with van der Waals surface area (Å²) in [6.45, 7) is 0. The van der Waals surface area contributed by atoms with Gasteiger partial charge in [0.1, 0.15) is 6.07 Å². The normalized spacial score (nSPS) is 10.2. The molecule has 1 aromatic heterocycles. The van der Waals surface area contributed by atoms with Crippen molar-refractivity contribution in [2.45, 2.75) is 6.43 Å². The van der Waals surface area contributed by atoms with Gasteiger partial charge in [0.05, 0.1) is 5.56 Å². The van der Waals surface area contributed by atoms with Crippen LogP contribution < -0.4 is 0 Å². The van der Waals surface area contributed by atoms with Gasteiger partial charge in [-0.25, -0.2) is 13.8 Å². The van der Waals surface area contributed by atoms with Crippen molar-refractivity contribution in [1.29, 1.82) is 5.26 Å². The lowest BCUT2D eigenvalue weighted by atomic mass is 10.1. The molecule has 0 bridgehead atoms. The van der Waals surface area contributed by atoms with Gasteiger partial charge in [-0.3, -0.25) is 0 Å². The summed E-state index contributed by atoms with van der Waals surface area (Å²) < 4.78 is 36.8. The highest BCUT2D eigenvalue weighted by atomic mass is 35.5. The molecule has 0 aliphatic heterocycles. The topological polar surface area (TPSA) is 36.7 Å². The molecule has 0 radical (unpaired) electrons. The van der Waals surface area contributed by atoms with Gasteiger partial charge >= 0.3 is 0 Å². The van der Waals surface area contributed by atoms with Crippen molar-refractivity contribution in [3.8, 4) is 6.07 Å². The predicted molar refractivity (Wildman–Crippen MR) is 38.9 cm³/mol. The summed E-state index contributed by atoms with van der Waals surface area (Å²) in [6, 6.07) is 1.93. The smallest absolute Gasteiger partial charge is 0.206 e. The molecule has 1 aromatic rings. The molecule has 0 saturated carbocycles. The second-order valence-electron chi connectivity index (χ2n) is 2.11. The van der Waals surface area contributed by atoms with Crippen molar-refractivity contribution in [2.24, 2.45) is 0 Å². The van der Waals surface area contributed by atoms with E-state index < -0.39 is 28.7 Å². The minimum absolute atomic E-state index is 0.488. The van der Waals surface area contributed by atoms with Gasteiger partial charge in [0.15, 0.2) is 5.15 Å². The van der Waals surface area contributed by atoms with Crippen molar-refractivity contribution in [3.63, 3.8) is 0 Å².